The molecule has 0 aliphatic heterocycles. The maximum atomic E-state index is 5.83. The Balaban J connectivity index is 2.04. The molecule has 0 aliphatic rings. The number of nitrogens with one attached hydrogen (secondary N) is 1. The Morgan fingerprint density at radius 2 is 2.10 bits per heavy atom. The molecule has 3 rings (SSSR count). The van der Waals surface area contributed by atoms with Crippen molar-refractivity contribution < 1.29 is 4.74 Å². The molecule has 2 aromatic heterocycles. The molecular weight excluding hydrogens is 358 g/mol. The van der Waals surface area contributed by atoms with E-state index in [4.69, 9.17) is 16.3 Å². The van der Waals surface area contributed by atoms with Gasteiger partial charge >= 0.3 is 6.01 Å². The molecule has 0 saturated carbocycles. The van der Waals surface area contributed by atoms with Crippen LogP contribution in [0.15, 0.2) is 34.9 Å². The van der Waals surface area contributed by atoms with Crippen molar-refractivity contribution in [2.24, 2.45) is 0 Å². The highest BCUT2D eigenvalue weighted by molar-refractivity contribution is 9.10. The molecule has 21 heavy (non-hydrogen) atoms. The van der Waals surface area contributed by atoms with E-state index in [2.05, 4.69) is 41.2 Å². The van der Waals surface area contributed by atoms with Gasteiger partial charge in [0, 0.05) is 16.1 Å². The molecule has 0 atom stereocenters. The zero-order valence-electron chi connectivity index (χ0n) is 10.8. The molecule has 0 amide bonds. The van der Waals surface area contributed by atoms with Gasteiger partial charge in [-0.05, 0) is 39.7 Å². The van der Waals surface area contributed by atoms with Gasteiger partial charge < -0.3 is 10.1 Å². The van der Waals surface area contributed by atoms with Crippen LogP contribution in [0.3, 0.4) is 0 Å². The summed E-state index contributed by atoms with van der Waals surface area (Å²) in [6.45, 7) is 0. The number of nitrogens with zero attached hydrogens (tertiary/aromatic N) is 4. The number of hydrogen-bond acceptors (Lipinski definition) is 6. The van der Waals surface area contributed by atoms with Crippen molar-refractivity contribution in [2.45, 2.75) is 0 Å². The summed E-state index contributed by atoms with van der Waals surface area (Å²) in [5.74, 6) is 0.295. The van der Waals surface area contributed by atoms with Crippen molar-refractivity contribution in [1.29, 1.82) is 0 Å². The van der Waals surface area contributed by atoms with Crippen LogP contribution in [0.4, 0.5) is 11.6 Å². The van der Waals surface area contributed by atoms with Crippen LogP contribution in [-0.2, 0) is 0 Å². The van der Waals surface area contributed by atoms with Gasteiger partial charge in [0.15, 0.2) is 0 Å². The predicted octanol–water partition coefficient (Wildman–Crippen LogP) is 3.59. The molecule has 0 fully saturated rings. The van der Waals surface area contributed by atoms with Gasteiger partial charge in [0.2, 0.25) is 11.2 Å². The summed E-state index contributed by atoms with van der Waals surface area (Å²) >= 11 is 9.23. The van der Waals surface area contributed by atoms with Crippen molar-refractivity contribution in [1.82, 2.24) is 19.9 Å². The van der Waals surface area contributed by atoms with Crippen molar-refractivity contribution in [2.75, 3.05) is 12.4 Å². The molecule has 1 N–H and O–H groups in total. The highest BCUT2D eigenvalue weighted by Gasteiger charge is 2.08. The summed E-state index contributed by atoms with van der Waals surface area (Å²) in [7, 11) is 1.46. The first-order valence-corrected chi connectivity index (χ1v) is 7.09. The third-order valence-electron chi connectivity index (χ3n) is 2.69. The van der Waals surface area contributed by atoms with E-state index in [0.717, 1.165) is 21.1 Å². The first-order chi connectivity index (χ1) is 10.2. The molecule has 0 unspecified atom stereocenters. The Morgan fingerprint density at radius 1 is 1.24 bits per heavy atom. The Labute approximate surface area is 133 Å². The second-order valence-electron chi connectivity index (χ2n) is 4.07. The second kappa shape index (κ2) is 5.79. The fourth-order valence-electron chi connectivity index (χ4n) is 1.83. The van der Waals surface area contributed by atoms with Crippen LogP contribution in [0.5, 0.6) is 6.01 Å². The molecule has 106 valence electrons. The third kappa shape index (κ3) is 3.03. The SMILES string of the molecule is COc1nc(Cl)nc(Nc2cccc3cc(Br)cnc23)n1. The molecule has 0 spiro atoms. The number of para-hydroxylation sites is 1. The maximum absolute atomic E-state index is 5.83. The number of aromatic nitrogens is 4. The first kappa shape index (κ1) is 14.0. The number of rotatable bonds is 3. The first-order valence-electron chi connectivity index (χ1n) is 5.92. The second-order valence-corrected chi connectivity index (χ2v) is 5.32. The summed E-state index contributed by atoms with van der Waals surface area (Å²) in [6.07, 6.45) is 1.73. The van der Waals surface area contributed by atoms with Crippen molar-refractivity contribution in [3.8, 4) is 6.01 Å². The van der Waals surface area contributed by atoms with Gasteiger partial charge in [-0.25, -0.2) is 0 Å². The van der Waals surface area contributed by atoms with Gasteiger partial charge in [-0.3, -0.25) is 4.98 Å². The lowest BCUT2D eigenvalue weighted by Gasteiger charge is -2.08. The van der Waals surface area contributed by atoms with E-state index in [0.29, 0.717) is 5.95 Å². The topological polar surface area (TPSA) is 72.8 Å². The standard InChI is InChI=1S/C13H9BrClN5O/c1-21-13-19-11(15)18-12(20-13)17-9-4-2-3-7-5-8(14)6-16-10(7)9/h2-6H,1H3,(H,17,18,19,20). The Bertz CT molecular complexity index is 814. The molecule has 1 aromatic carbocycles. The van der Waals surface area contributed by atoms with Crippen LogP contribution in [0.2, 0.25) is 5.28 Å². The van der Waals surface area contributed by atoms with Crippen LogP contribution in [-0.4, -0.2) is 27.0 Å². The molecule has 6 nitrogen and oxygen atoms in total. The highest BCUT2D eigenvalue weighted by atomic mass is 79.9. The van der Waals surface area contributed by atoms with E-state index in [1.807, 2.05) is 24.3 Å². The zero-order valence-corrected chi connectivity index (χ0v) is 13.2. The molecular formula is C13H9BrClN5O. The summed E-state index contributed by atoms with van der Waals surface area (Å²) in [4.78, 5) is 16.3. The number of fused-ring (bicyclic) bond motifs is 1. The normalized spacial score (nSPS) is 10.6. The fourth-order valence-corrected chi connectivity index (χ4v) is 2.34. The molecule has 0 radical (unpaired) electrons. The molecule has 8 heteroatoms. The van der Waals surface area contributed by atoms with E-state index >= 15 is 0 Å². The number of hydrogen-bond donors (Lipinski definition) is 1. The highest BCUT2D eigenvalue weighted by Crippen LogP contribution is 2.26. The molecule has 0 bridgehead atoms. The lowest BCUT2D eigenvalue weighted by molar-refractivity contribution is 0.379. The lowest BCUT2D eigenvalue weighted by atomic mass is 10.2. The summed E-state index contributed by atoms with van der Waals surface area (Å²) in [5, 5.41) is 4.12. The number of anilines is 2. The van der Waals surface area contributed by atoms with Crippen LogP contribution in [0, 0.1) is 0 Å². The summed E-state index contributed by atoms with van der Waals surface area (Å²) in [5.41, 5.74) is 1.57. The van der Waals surface area contributed by atoms with Gasteiger partial charge in [-0.2, -0.15) is 15.0 Å². The minimum atomic E-state index is 0.0558. The largest absolute Gasteiger partial charge is 0.467 e. The van der Waals surface area contributed by atoms with E-state index in [1.165, 1.54) is 7.11 Å². The van der Waals surface area contributed by atoms with E-state index in [9.17, 15) is 0 Å². The van der Waals surface area contributed by atoms with Crippen LogP contribution in [0.1, 0.15) is 0 Å². The molecule has 0 aliphatic carbocycles. The fraction of sp³-hybridized carbons (Fsp3) is 0.0769. The number of benzene rings is 1. The predicted molar refractivity (Wildman–Crippen MR) is 84.1 cm³/mol. The van der Waals surface area contributed by atoms with Gasteiger partial charge in [-0.1, -0.05) is 12.1 Å². The van der Waals surface area contributed by atoms with Gasteiger partial charge in [0.1, 0.15) is 0 Å². The minimum absolute atomic E-state index is 0.0558. The Kier molecular flexibility index (Phi) is 3.85. The molecule has 3 aromatic rings. The summed E-state index contributed by atoms with van der Waals surface area (Å²) < 4.78 is 5.88. The monoisotopic (exact) mass is 365 g/mol. The number of ether oxygens (including phenoxy) is 1. The van der Waals surface area contributed by atoms with Crippen LogP contribution < -0.4 is 10.1 Å². The van der Waals surface area contributed by atoms with Crippen molar-refractivity contribution >= 4 is 50.1 Å². The van der Waals surface area contributed by atoms with Gasteiger partial charge in [0.25, 0.3) is 0 Å². The average Bonchev–Trinajstić information content (AvgIpc) is 2.46. The van der Waals surface area contributed by atoms with Gasteiger partial charge in [-0.15, -0.1) is 0 Å². The molecule has 0 saturated heterocycles. The van der Waals surface area contributed by atoms with Crippen LogP contribution >= 0.6 is 27.5 Å². The average molecular weight is 367 g/mol. The number of methoxy groups -OCH3 is 1. The van der Waals surface area contributed by atoms with E-state index < -0.39 is 0 Å². The third-order valence-corrected chi connectivity index (χ3v) is 3.30. The van der Waals surface area contributed by atoms with Crippen LogP contribution in [0.25, 0.3) is 10.9 Å². The van der Waals surface area contributed by atoms with Crippen molar-refractivity contribution in [3.63, 3.8) is 0 Å². The quantitative estimate of drug-likeness (QED) is 0.764. The lowest BCUT2D eigenvalue weighted by Crippen LogP contribution is -2.02. The Hall–Kier alpha value is -1.99. The smallest absolute Gasteiger partial charge is 0.322 e. The number of pyridine rings is 1. The maximum Gasteiger partial charge on any atom is 0.322 e. The van der Waals surface area contributed by atoms with Crippen molar-refractivity contribution in [3.05, 3.63) is 40.2 Å². The summed E-state index contributed by atoms with van der Waals surface area (Å²) in [6, 6.07) is 7.90. The van der Waals surface area contributed by atoms with E-state index in [1.54, 1.807) is 6.20 Å². The minimum Gasteiger partial charge on any atom is -0.467 e. The van der Waals surface area contributed by atoms with Gasteiger partial charge in [0.05, 0.1) is 18.3 Å². The number of halogens is 2. The zero-order chi connectivity index (χ0) is 14.8. The van der Waals surface area contributed by atoms with E-state index in [-0.39, 0.29) is 11.3 Å². The Morgan fingerprint density at radius 3 is 2.90 bits per heavy atom. The molecule has 2 heterocycles.